The number of aliphatic imine (C=N–C) groups is 1. The Morgan fingerprint density at radius 2 is 2.16 bits per heavy atom. The highest BCUT2D eigenvalue weighted by Crippen LogP contribution is 2.41. The van der Waals surface area contributed by atoms with E-state index in [1.54, 1.807) is 12.3 Å². The molecule has 1 aromatic heterocycles. The van der Waals surface area contributed by atoms with Crippen molar-refractivity contribution in [1.29, 1.82) is 0 Å². The number of carboxylic acid groups (broad SMARTS) is 1. The Morgan fingerprint density at radius 1 is 1.41 bits per heavy atom. The number of hydrogen-bond donors (Lipinski definition) is 5. The van der Waals surface area contributed by atoms with Gasteiger partial charge in [-0.25, -0.2) is 20.6 Å². The van der Waals surface area contributed by atoms with Gasteiger partial charge in [-0.05, 0) is 25.0 Å². The number of thiazole rings is 1. The van der Waals surface area contributed by atoms with Gasteiger partial charge in [0.25, 0.3) is 11.8 Å². The van der Waals surface area contributed by atoms with E-state index in [1.807, 2.05) is 6.92 Å². The molecule has 0 saturated carbocycles. The predicted molar refractivity (Wildman–Crippen MR) is 142 cm³/mol. The Morgan fingerprint density at radius 3 is 2.81 bits per heavy atom. The van der Waals surface area contributed by atoms with Gasteiger partial charge in [0.05, 0.1) is 6.54 Å². The summed E-state index contributed by atoms with van der Waals surface area (Å²) >= 11 is 3.71. The summed E-state index contributed by atoms with van der Waals surface area (Å²) in [5, 5.41) is 19.5. The zero-order chi connectivity index (χ0) is 26.9. The number of amidine groups is 1. The predicted octanol–water partition coefficient (Wildman–Crippen LogP) is -0.327. The number of oxime groups is 1. The number of thioether (sulfide) groups is 2. The Balaban J connectivity index is 1.49. The molecule has 8 N–H and O–H groups in total. The zero-order valence-corrected chi connectivity index (χ0v) is 22.3. The molecule has 4 heterocycles. The van der Waals surface area contributed by atoms with Crippen molar-refractivity contribution in [3.63, 3.8) is 0 Å². The van der Waals surface area contributed by atoms with Crippen LogP contribution < -0.4 is 22.6 Å². The third kappa shape index (κ3) is 5.39. The van der Waals surface area contributed by atoms with Gasteiger partial charge in [0.2, 0.25) is 0 Å². The van der Waals surface area contributed by atoms with E-state index >= 15 is 0 Å². The van der Waals surface area contributed by atoms with Crippen LogP contribution in [0.25, 0.3) is 0 Å². The van der Waals surface area contributed by atoms with Gasteiger partial charge in [0.15, 0.2) is 16.0 Å². The molecule has 4 rings (SSSR count). The number of carbonyl (C=O) groups excluding carboxylic acids is 2. The van der Waals surface area contributed by atoms with Crippen LogP contribution >= 0.6 is 34.9 Å². The van der Waals surface area contributed by atoms with E-state index in [0.29, 0.717) is 28.9 Å². The van der Waals surface area contributed by atoms with E-state index in [1.165, 1.54) is 33.4 Å². The number of amides is 2. The van der Waals surface area contributed by atoms with E-state index < -0.39 is 29.2 Å². The number of β-lactam (4-membered cyclic amide) rings is 1. The van der Waals surface area contributed by atoms with Gasteiger partial charge >= 0.3 is 5.97 Å². The number of nitrogen functional groups attached to an aromatic ring is 1. The molecule has 0 bridgehead atoms. The number of nitrogens with one attached hydrogen (secondary N) is 1. The maximum Gasteiger partial charge on any atom is 0.352 e. The Kier molecular flexibility index (Phi) is 7.96. The minimum Gasteiger partial charge on any atom is -0.477 e. The van der Waals surface area contributed by atoms with E-state index in [-0.39, 0.29) is 34.6 Å². The second kappa shape index (κ2) is 11.0. The summed E-state index contributed by atoms with van der Waals surface area (Å²) < 4.78 is 0. The molecule has 0 radical (unpaired) electrons. The molecule has 37 heavy (non-hydrogen) atoms. The van der Waals surface area contributed by atoms with Crippen molar-refractivity contribution in [3.05, 3.63) is 33.7 Å². The van der Waals surface area contributed by atoms with Crippen LogP contribution in [-0.2, 0) is 19.2 Å². The van der Waals surface area contributed by atoms with Crippen LogP contribution in [0.15, 0.2) is 38.2 Å². The molecular formula is C20H25N9O5S3. The first-order chi connectivity index (χ1) is 17.6. The quantitative estimate of drug-likeness (QED) is 0.118. The highest BCUT2D eigenvalue weighted by Gasteiger charge is 2.54. The molecule has 198 valence electrons. The van der Waals surface area contributed by atoms with Crippen molar-refractivity contribution in [2.75, 3.05) is 30.4 Å². The van der Waals surface area contributed by atoms with Crippen LogP contribution in [0.5, 0.6) is 0 Å². The highest BCUT2D eigenvalue weighted by molar-refractivity contribution is 8.14. The molecule has 0 aliphatic carbocycles. The number of carboxylic acids is 1. The van der Waals surface area contributed by atoms with E-state index in [4.69, 9.17) is 22.1 Å². The average molecular weight is 568 g/mol. The molecular weight excluding hydrogens is 542 g/mol. The first kappa shape index (κ1) is 26.8. The molecule has 1 fully saturated rings. The van der Waals surface area contributed by atoms with Crippen LogP contribution in [0.1, 0.15) is 19.5 Å². The molecule has 17 heteroatoms. The summed E-state index contributed by atoms with van der Waals surface area (Å²) in [4.78, 5) is 52.7. The number of aromatic nitrogens is 1. The monoisotopic (exact) mass is 567 g/mol. The number of rotatable bonds is 8. The minimum absolute atomic E-state index is 0.109. The van der Waals surface area contributed by atoms with Gasteiger partial charge < -0.3 is 26.7 Å². The average Bonchev–Trinajstić information content (AvgIpc) is 3.29. The first-order valence-electron chi connectivity index (χ1n) is 10.9. The molecule has 1 unspecified atom stereocenters. The maximum absolute atomic E-state index is 13.0. The van der Waals surface area contributed by atoms with E-state index in [9.17, 15) is 19.5 Å². The number of hydrazine groups is 1. The number of fused-ring (bicyclic) bond motifs is 1. The Bertz CT molecular complexity index is 1260. The lowest BCUT2D eigenvalue weighted by molar-refractivity contribution is -0.150. The van der Waals surface area contributed by atoms with Gasteiger partial charge in [0, 0.05) is 16.9 Å². The fraction of sp³-hybridized carbons (Fsp3) is 0.400. The summed E-state index contributed by atoms with van der Waals surface area (Å²) in [6, 6.07) is -0.945. The second-order valence-electron chi connectivity index (χ2n) is 8.02. The summed E-state index contributed by atoms with van der Waals surface area (Å²) in [7, 11) is 0. The third-order valence-electron chi connectivity index (χ3n) is 5.48. The molecule has 0 spiro atoms. The van der Waals surface area contributed by atoms with Crippen molar-refractivity contribution in [1.82, 2.24) is 20.2 Å². The van der Waals surface area contributed by atoms with E-state index in [0.717, 1.165) is 16.9 Å². The number of aliphatic carboxylic acids is 1. The standard InChI is InChI=1S/C20H25N9O5S3/c1-3-34-27-11(10-7-36-19(22)24-10)15(30)25-12-16(31)29-13(18(32)33)9(5-35-17(12)29)6-37-20-26-14(21)8(2)4-28(20)23/h7,12,17H,3-6,21,23H2,1-2H3,(H2,22,24)(H,25,30)(H,32,33)/b27-11-/t12?,17-/m0/s1. The van der Waals surface area contributed by atoms with E-state index in [2.05, 4.69) is 20.4 Å². The fourth-order valence-corrected chi connectivity index (χ4v) is 6.63. The number of hydrogen-bond acceptors (Lipinski definition) is 14. The lowest BCUT2D eigenvalue weighted by Gasteiger charge is -2.49. The molecule has 1 aromatic rings. The normalized spacial score (nSPS) is 22.0. The smallest absolute Gasteiger partial charge is 0.352 e. The highest BCUT2D eigenvalue weighted by atomic mass is 32.2. The number of nitrogens with two attached hydrogens (primary N) is 3. The Hall–Kier alpha value is -3.28. The van der Waals surface area contributed by atoms with Crippen molar-refractivity contribution in [3.8, 4) is 0 Å². The molecule has 2 atom stereocenters. The van der Waals surface area contributed by atoms with Crippen molar-refractivity contribution >= 4 is 68.7 Å². The number of nitrogens with zero attached hydrogens (tertiary/aromatic N) is 5. The first-order valence-corrected chi connectivity index (χ1v) is 13.8. The van der Waals surface area contributed by atoms with Crippen LogP contribution in [0.3, 0.4) is 0 Å². The molecule has 1 saturated heterocycles. The zero-order valence-electron chi connectivity index (χ0n) is 19.8. The van der Waals surface area contributed by atoms with Gasteiger partial charge in [0.1, 0.15) is 35.2 Å². The topological polar surface area (TPSA) is 215 Å². The van der Waals surface area contributed by atoms with Crippen molar-refractivity contribution in [2.24, 2.45) is 21.7 Å². The summed E-state index contributed by atoms with van der Waals surface area (Å²) in [6.45, 7) is 4.16. The van der Waals surface area contributed by atoms with Gasteiger partial charge in [-0.15, -0.1) is 23.1 Å². The van der Waals surface area contributed by atoms with Crippen LogP contribution in [0, 0.1) is 0 Å². The van der Waals surface area contributed by atoms with Crippen molar-refractivity contribution in [2.45, 2.75) is 25.3 Å². The SMILES string of the molecule is CCO/N=C(\C(=O)NC1C(=O)N2C(C(=O)O)=C(CSC3=NC(N)=C(C)CN3N)CS[C@@H]12)c1csc(N)n1. The summed E-state index contributed by atoms with van der Waals surface area (Å²) in [5.41, 5.74) is 12.9. The largest absolute Gasteiger partial charge is 0.477 e. The number of anilines is 1. The third-order valence-corrected chi connectivity index (χ3v) is 8.57. The lowest BCUT2D eigenvalue weighted by atomic mass is 10.0. The maximum atomic E-state index is 13.0. The van der Waals surface area contributed by atoms with Gasteiger partial charge in [-0.2, -0.15) is 0 Å². The lowest BCUT2D eigenvalue weighted by Crippen LogP contribution is -2.71. The molecule has 3 aliphatic heterocycles. The van der Waals surface area contributed by atoms with Gasteiger partial charge in [-0.3, -0.25) is 19.5 Å². The summed E-state index contributed by atoms with van der Waals surface area (Å²) in [6.07, 6.45) is 0. The molecule has 14 nitrogen and oxygen atoms in total. The van der Waals surface area contributed by atoms with Crippen LogP contribution in [-0.4, -0.2) is 84.7 Å². The number of carbonyl (C=O) groups is 3. The van der Waals surface area contributed by atoms with Gasteiger partial charge in [-0.1, -0.05) is 16.9 Å². The molecule has 0 aromatic carbocycles. The summed E-state index contributed by atoms with van der Waals surface area (Å²) in [5.74, 6) is 4.50. The minimum atomic E-state index is -1.24. The van der Waals surface area contributed by atoms with Crippen LogP contribution in [0.4, 0.5) is 5.13 Å². The fourth-order valence-electron chi connectivity index (χ4n) is 3.67. The van der Waals surface area contributed by atoms with Crippen molar-refractivity contribution < 1.29 is 24.3 Å². The molecule has 3 aliphatic rings. The van der Waals surface area contributed by atoms with Crippen LogP contribution in [0.2, 0.25) is 0 Å². The Labute approximate surface area is 224 Å². The second-order valence-corrected chi connectivity index (χ2v) is 11.0. The molecule has 2 amide bonds.